The number of aryl methyl sites for hydroxylation is 1. The third-order valence-electron chi connectivity index (χ3n) is 4.91. The molecule has 0 heterocycles. The van der Waals surface area contributed by atoms with E-state index in [4.69, 9.17) is 4.74 Å². The van der Waals surface area contributed by atoms with E-state index in [0.717, 1.165) is 25.6 Å². The van der Waals surface area contributed by atoms with Crippen molar-refractivity contribution in [3.8, 4) is 0 Å². The fourth-order valence-electron chi connectivity index (χ4n) is 3.83. The zero-order valence-corrected chi connectivity index (χ0v) is 12.0. The summed E-state index contributed by atoms with van der Waals surface area (Å²) in [6.45, 7) is 2.90. The van der Waals surface area contributed by atoms with E-state index in [0.29, 0.717) is 5.41 Å². The molecular weight excluding hydrogens is 234 g/mol. The van der Waals surface area contributed by atoms with Crippen LogP contribution in [0, 0.1) is 5.92 Å². The number of ether oxygens (including phenoxy) is 1. The predicted octanol–water partition coefficient (Wildman–Crippen LogP) is 2.91. The van der Waals surface area contributed by atoms with Crippen LogP contribution in [0.15, 0.2) is 24.3 Å². The van der Waals surface area contributed by atoms with Gasteiger partial charge in [0.2, 0.25) is 0 Å². The first-order valence-electron chi connectivity index (χ1n) is 7.65. The minimum Gasteiger partial charge on any atom is -0.383 e. The van der Waals surface area contributed by atoms with Gasteiger partial charge in [0.05, 0.1) is 6.61 Å². The van der Waals surface area contributed by atoms with Gasteiger partial charge in [-0.3, -0.25) is 0 Å². The van der Waals surface area contributed by atoms with E-state index in [1.165, 1.54) is 32.1 Å². The fourth-order valence-corrected chi connectivity index (χ4v) is 3.83. The first-order chi connectivity index (χ1) is 9.37. The van der Waals surface area contributed by atoms with Gasteiger partial charge in [0.15, 0.2) is 0 Å². The zero-order valence-electron chi connectivity index (χ0n) is 12.0. The smallest absolute Gasteiger partial charge is 0.0587 e. The standard InChI is InChI=1S/C17H25NO/c1-19-12-11-18-13-17(15-8-9-15)10-4-6-14-5-2-3-7-16(14)17/h2-3,5,7,15,18H,4,6,8-13H2,1H3. The summed E-state index contributed by atoms with van der Waals surface area (Å²) in [5.74, 6) is 0.906. The van der Waals surface area contributed by atoms with Crippen molar-refractivity contribution in [3.05, 3.63) is 35.4 Å². The van der Waals surface area contributed by atoms with E-state index < -0.39 is 0 Å². The molecule has 1 unspecified atom stereocenters. The Labute approximate surface area is 116 Å². The molecule has 1 N–H and O–H groups in total. The SMILES string of the molecule is COCCNCC1(C2CC2)CCCc2ccccc21. The van der Waals surface area contributed by atoms with Crippen LogP contribution in [0.4, 0.5) is 0 Å². The number of benzene rings is 1. The van der Waals surface area contributed by atoms with Gasteiger partial charge in [-0.25, -0.2) is 0 Å². The number of rotatable bonds is 6. The van der Waals surface area contributed by atoms with Gasteiger partial charge in [0, 0.05) is 25.6 Å². The van der Waals surface area contributed by atoms with Gasteiger partial charge in [-0.1, -0.05) is 24.3 Å². The van der Waals surface area contributed by atoms with Gasteiger partial charge in [0.25, 0.3) is 0 Å². The van der Waals surface area contributed by atoms with Crippen molar-refractivity contribution in [3.63, 3.8) is 0 Å². The second kappa shape index (κ2) is 5.64. The van der Waals surface area contributed by atoms with Crippen molar-refractivity contribution < 1.29 is 4.74 Å². The Hall–Kier alpha value is -0.860. The van der Waals surface area contributed by atoms with Gasteiger partial charge < -0.3 is 10.1 Å². The lowest BCUT2D eigenvalue weighted by Crippen LogP contribution is -2.43. The molecule has 1 fully saturated rings. The van der Waals surface area contributed by atoms with Crippen LogP contribution >= 0.6 is 0 Å². The van der Waals surface area contributed by atoms with Crippen LogP contribution < -0.4 is 5.32 Å². The predicted molar refractivity (Wildman–Crippen MR) is 78.5 cm³/mol. The van der Waals surface area contributed by atoms with Crippen molar-refractivity contribution in [2.45, 2.75) is 37.5 Å². The fraction of sp³-hybridized carbons (Fsp3) is 0.647. The molecule has 2 aliphatic rings. The summed E-state index contributed by atoms with van der Waals surface area (Å²) in [6.07, 6.45) is 6.80. The highest BCUT2D eigenvalue weighted by Crippen LogP contribution is 2.52. The van der Waals surface area contributed by atoms with Crippen molar-refractivity contribution in [1.29, 1.82) is 0 Å². The molecule has 1 aromatic rings. The molecule has 2 heteroatoms. The van der Waals surface area contributed by atoms with E-state index in [9.17, 15) is 0 Å². The summed E-state index contributed by atoms with van der Waals surface area (Å²) in [7, 11) is 1.77. The molecule has 0 radical (unpaired) electrons. The Kier molecular flexibility index (Phi) is 3.90. The molecule has 19 heavy (non-hydrogen) atoms. The molecule has 0 aliphatic heterocycles. The quantitative estimate of drug-likeness (QED) is 0.793. The third-order valence-corrected chi connectivity index (χ3v) is 4.91. The van der Waals surface area contributed by atoms with Gasteiger partial charge >= 0.3 is 0 Å². The highest BCUT2D eigenvalue weighted by atomic mass is 16.5. The summed E-state index contributed by atoms with van der Waals surface area (Å²) in [6, 6.07) is 9.13. The lowest BCUT2D eigenvalue weighted by molar-refractivity contribution is 0.193. The number of hydrogen-bond donors (Lipinski definition) is 1. The van der Waals surface area contributed by atoms with E-state index in [-0.39, 0.29) is 0 Å². The molecule has 2 nitrogen and oxygen atoms in total. The Morgan fingerprint density at radius 3 is 2.95 bits per heavy atom. The lowest BCUT2D eigenvalue weighted by atomic mass is 9.66. The summed E-state index contributed by atoms with van der Waals surface area (Å²) in [4.78, 5) is 0. The van der Waals surface area contributed by atoms with Gasteiger partial charge in [-0.2, -0.15) is 0 Å². The van der Waals surface area contributed by atoms with Crippen LogP contribution in [0.1, 0.15) is 36.8 Å². The average Bonchev–Trinajstić information content (AvgIpc) is 3.29. The van der Waals surface area contributed by atoms with E-state index in [2.05, 4.69) is 29.6 Å². The van der Waals surface area contributed by atoms with Crippen molar-refractivity contribution >= 4 is 0 Å². The first-order valence-corrected chi connectivity index (χ1v) is 7.65. The monoisotopic (exact) mass is 259 g/mol. The van der Waals surface area contributed by atoms with Crippen molar-refractivity contribution in [2.75, 3.05) is 26.8 Å². The summed E-state index contributed by atoms with van der Waals surface area (Å²) < 4.78 is 5.15. The van der Waals surface area contributed by atoms with Crippen LogP contribution in [-0.4, -0.2) is 26.8 Å². The van der Waals surface area contributed by atoms with Crippen LogP contribution in [-0.2, 0) is 16.6 Å². The zero-order chi connectivity index (χ0) is 13.1. The molecule has 1 atom stereocenters. The van der Waals surface area contributed by atoms with E-state index >= 15 is 0 Å². The minimum atomic E-state index is 0.405. The summed E-state index contributed by atoms with van der Waals surface area (Å²) >= 11 is 0. The molecule has 3 rings (SSSR count). The van der Waals surface area contributed by atoms with Crippen molar-refractivity contribution in [1.82, 2.24) is 5.32 Å². The normalized spacial score (nSPS) is 26.2. The van der Waals surface area contributed by atoms with Crippen LogP contribution in [0.25, 0.3) is 0 Å². The average molecular weight is 259 g/mol. The van der Waals surface area contributed by atoms with Gasteiger partial charge in [-0.15, -0.1) is 0 Å². The topological polar surface area (TPSA) is 21.3 Å². The van der Waals surface area contributed by atoms with Crippen LogP contribution in [0.5, 0.6) is 0 Å². The molecule has 0 aromatic heterocycles. The number of hydrogen-bond acceptors (Lipinski definition) is 2. The van der Waals surface area contributed by atoms with Crippen molar-refractivity contribution in [2.24, 2.45) is 5.92 Å². The Bertz CT molecular complexity index is 427. The maximum atomic E-state index is 5.15. The van der Waals surface area contributed by atoms with Gasteiger partial charge in [-0.05, 0) is 49.1 Å². The Morgan fingerprint density at radius 2 is 2.16 bits per heavy atom. The van der Waals surface area contributed by atoms with E-state index in [1.807, 2.05) is 0 Å². The van der Waals surface area contributed by atoms with Gasteiger partial charge in [0.1, 0.15) is 0 Å². The first kappa shape index (κ1) is 13.1. The second-order valence-corrected chi connectivity index (χ2v) is 6.11. The highest BCUT2D eigenvalue weighted by molar-refractivity contribution is 5.39. The lowest BCUT2D eigenvalue weighted by Gasteiger charge is -2.40. The maximum Gasteiger partial charge on any atom is 0.0587 e. The molecule has 1 saturated carbocycles. The molecule has 0 spiro atoms. The highest BCUT2D eigenvalue weighted by Gasteiger charge is 2.47. The maximum absolute atomic E-state index is 5.15. The number of methoxy groups -OCH3 is 1. The molecule has 2 aliphatic carbocycles. The number of fused-ring (bicyclic) bond motifs is 1. The molecular formula is C17H25NO. The molecule has 0 bridgehead atoms. The molecule has 0 saturated heterocycles. The Morgan fingerprint density at radius 1 is 1.32 bits per heavy atom. The van der Waals surface area contributed by atoms with Crippen LogP contribution in [0.2, 0.25) is 0 Å². The minimum absolute atomic E-state index is 0.405. The van der Waals surface area contributed by atoms with E-state index in [1.54, 1.807) is 18.2 Å². The second-order valence-electron chi connectivity index (χ2n) is 6.11. The summed E-state index contributed by atoms with van der Waals surface area (Å²) in [5, 5.41) is 3.63. The van der Waals surface area contributed by atoms with Crippen LogP contribution in [0.3, 0.4) is 0 Å². The largest absolute Gasteiger partial charge is 0.383 e. The Balaban J connectivity index is 1.81. The molecule has 0 amide bonds. The third kappa shape index (κ3) is 2.56. The summed E-state index contributed by atoms with van der Waals surface area (Å²) in [5.41, 5.74) is 3.63. The molecule has 104 valence electrons. The molecule has 1 aromatic carbocycles. The number of nitrogens with one attached hydrogen (secondary N) is 1.